The molecule has 0 aliphatic carbocycles. The minimum atomic E-state index is 1.30. The van der Waals surface area contributed by atoms with Crippen LogP contribution < -0.4 is 0 Å². The van der Waals surface area contributed by atoms with E-state index in [2.05, 4.69) is 40.4 Å². The number of thiazole rings is 1. The largest absolute Gasteiger partial charge is 0.303 e. The Morgan fingerprint density at radius 1 is 1.25 bits per heavy atom. The van der Waals surface area contributed by atoms with Gasteiger partial charge in [0.1, 0.15) is 4.83 Å². The number of aromatic nitrogens is 1. The van der Waals surface area contributed by atoms with Crippen LogP contribution >= 0.6 is 19.5 Å². The zero-order valence-electron chi connectivity index (χ0n) is 6.27. The predicted octanol–water partition coefficient (Wildman–Crippen LogP) is 3.73. The highest BCUT2D eigenvalue weighted by molar-refractivity contribution is 7.32. The van der Waals surface area contributed by atoms with Crippen molar-refractivity contribution in [2.45, 2.75) is 0 Å². The molecule has 0 saturated heterocycles. The van der Waals surface area contributed by atoms with Crippen LogP contribution in [0.1, 0.15) is 0 Å². The number of nitrogens with zero attached hydrogens (tertiary/aromatic N) is 1. The van der Waals surface area contributed by atoms with Gasteiger partial charge in [-0.2, -0.15) is 0 Å². The molecule has 2 aromatic heterocycles. The average Bonchev–Trinajstić information content (AvgIpc) is 2.62. The van der Waals surface area contributed by atoms with Crippen LogP contribution in [-0.2, 0) is 0 Å². The molecule has 12 heavy (non-hydrogen) atoms. The lowest BCUT2D eigenvalue weighted by atomic mass is 10.3. The van der Waals surface area contributed by atoms with E-state index in [-0.39, 0.29) is 0 Å². The number of rotatable bonds is 0. The highest BCUT2D eigenvalue weighted by atomic mass is 32.1. The normalized spacial score (nSPS) is 12.0. The molecule has 0 atom stereocenters. The maximum atomic E-state index is 2.27. The third-order valence-corrected chi connectivity index (χ3v) is 3.97. The van der Waals surface area contributed by atoms with Gasteiger partial charge in [0.2, 0.25) is 0 Å². The van der Waals surface area contributed by atoms with E-state index in [0.717, 1.165) is 0 Å². The van der Waals surface area contributed by atoms with Gasteiger partial charge in [-0.15, -0.1) is 11.3 Å². The number of hydrogen-bond acceptors (Lipinski definition) is 1. The highest BCUT2D eigenvalue weighted by Crippen LogP contribution is 2.29. The summed E-state index contributed by atoms with van der Waals surface area (Å²) < 4.78 is 3.64. The summed E-state index contributed by atoms with van der Waals surface area (Å²) in [6.07, 6.45) is 0. The Morgan fingerprint density at radius 2 is 2.17 bits per heavy atom. The van der Waals surface area contributed by atoms with Crippen LogP contribution in [0.25, 0.3) is 15.0 Å². The number of para-hydroxylation sites is 1. The minimum absolute atomic E-state index is 1.30. The first-order valence-corrected chi connectivity index (χ1v) is 5.60. The van der Waals surface area contributed by atoms with Crippen molar-refractivity contribution >= 4 is 34.6 Å². The Kier molecular flexibility index (Phi) is 1.28. The standard InChI is InChI=1S/C9H6NPS/c1-2-4-8-7(3-1)10-6-11-5-9(10)12-8/h1-6H. The molecule has 0 fully saturated rings. The molecular weight excluding hydrogens is 185 g/mol. The van der Waals surface area contributed by atoms with E-state index in [1.54, 1.807) is 0 Å². The fourth-order valence-corrected chi connectivity index (χ4v) is 3.46. The van der Waals surface area contributed by atoms with Crippen molar-refractivity contribution in [1.82, 2.24) is 4.40 Å². The number of fused-ring (bicyclic) bond motifs is 3. The van der Waals surface area contributed by atoms with Gasteiger partial charge >= 0.3 is 0 Å². The molecule has 0 aliphatic heterocycles. The lowest BCUT2D eigenvalue weighted by molar-refractivity contribution is 1.32. The van der Waals surface area contributed by atoms with Crippen molar-refractivity contribution in [1.29, 1.82) is 0 Å². The minimum Gasteiger partial charge on any atom is -0.303 e. The molecule has 0 saturated carbocycles. The molecule has 2 heterocycles. The number of hydrogen-bond donors (Lipinski definition) is 0. The number of benzene rings is 1. The van der Waals surface area contributed by atoms with E-state index in [0.29, 0.717) is 0 Å². The summed E-state index contributed by atoms with van der Waals surface area (Å²) in [5.41, 5.74) is 1.33. The van der Waals surface area contributed by atoms with Gasteiger partial charge in [-0.25, -0.2) is 0 Å². The van der Waals surface area contributed by atoms with Crippen molar-refractivity contribution in [2.24, 2.45) is 0 Å². The second-order valence-corrected chi connectivity index (χ2v) is 4.52. The lowest BCUT2D eigenvalue weighted by Crippen LogP contribution is -1.73. The second kappa shape index (κ2) is 2.32. The molecule has 0 bridgehead atoms. The molecule has 3 rings (SSSR count). The monoisotopic (exact) mass is 191 g/mol. The molecule has 3 heteroatoms. The lowest BCUT2D eigenvalue weighted by Gasteiger charge is -1.87. The predicted molar refractivity (Wildman–Crippen MR) is 55.3 cm³/mol. The third kappa shape index (κ3) is 0.767. The van der Waals surface area contributed by atoms with Gasteiger partial charge in [-0.1, -0.05) is 20.3 Å². The van der Waals surface area contributed by atoms with Crippen LogP contribution in [0, 0.1) is 0 Å². The summed E-state index contributed by atoms with van der Waals surface area (Å²) in [5, 5.41) is 0. The summed E-state index contributed by atoms with van der Waals surface area (Å²) in [6.45, 7) is 0. The van der Waals surface area contributed by atoms with Gasteiger partial charge in [0, 0.05) is 11.7 Å². The maximum absolute atomic E-state index is 2.27. The van der Waals surface area contributed by atoms with Gasteiger partial charge in [-0.3, -0.25) is 0 Å². The van der Waals surface area contributed by atoms with Crippen molar-refractivity contribution in [3.05, 3.63) is 36.0 Å². The maximum Gasteiger partial charge on any atom is 0.105 e. The topological polar surface area (TPSA) is 4.41 Å². The highest BCUT2D eigenvalue weighted by Gasteiger charge is 2.01. The van der Waals surface area contributed by atoms with Crippen molar-refractivity contribution < 1.29 is 0 Å². The van der Waals surface area contributed by atoms with E-state index in [1.165, 1.54) is 23.2 Å². The van der Waals surface area contributed by atoms with Crippen molar-refractivity contribution in [3.8, 4) is 0 Å². The van der Waals surface area contributed by atoms with E-state index in [1.807, 2.05) is 11.3 Å². The first kappa shape index (κ1) is 6.64. The Bertz CT molecular complexity index is 536. The SMILES string of the molecule is c1ccc2c(c1)sc1cpcn12. The van der Waals surface area contributed by atoms with Crippen LogP contribution in [0.3, 0.4) is 0 Å². The van der Waals surface area contributed by atoms with Crippen LogP contribution in [0.4, 0.5) is 0 Å². The molecule has 0 N–H and O–H groups in total. The van der Waals surface area contributed by atoms with Gasteiger partial charge < -0.3 is 4.40 Å². The van der Waals surface area contributed by atoms with Crippen LogP contribution in [-0.4, -0.2) is 4.40 Å². The Hall–Kier alpha value is -0.850. The molecule has 0 aliphatic rings. The van der Waals surface area contributed by atoms with E-state index in [4.69, 9.17) is 0 Å². The fourth-order valence-electron chi connectivity index (χ4n) is 1.39. The summed E-state index contributed by atoms with van der Waals surface area (Å²) in [4.78, 5) is 1.36. The second-order valence-electron chi connectivity index (χ2n) is 2.67. The Morgan fingerprint density at radius 3 is 3.17 bits per heavy atom. The van der Waals surface area contributed by atoms with E-state index in [9.17, 15) is 0 Å². The third-order valence-electron chi connectivity index (χ3n) is 1.94. The quantitative estimate of drug-likeness (QED) is 0.510. The van der Waals surface area contributed by atoms with Gasteiger partial charge in [0.05, 0.1) is 10.2 Å². The van der Waals surface area contributed by atoms with Crippen LogP contribution in [0.15, 0.2) is 36.0 Å². The molecule has 0 radical (unpaired) electrons. The summed E-state index contributed by atoms with van der Waals surface area (Å²) >= 11 is 1.86. The van der Waals surface area contributed by atoms with E-state index < -0.39 is 0 Å². The van der Waals surface area contributed by atoms with Crippen molar-refractivity contribution in [2.75, 3.05) is 0 Å². The smallest absolute Gasteiger partial charge is 0.105 e. The first-order valence-electron chi connectivity index (χ1n) is 3.75. The van der Waals surface area contributed by atoms with Crippen molar-refractivity contribution in [3.63, 3.8) is 0 Å². The molecule has 0 amide bonds. The zero-order chi connectivity index (χ0) is 7.97. The fraction of sp³-hybridized carbons (Fsp3) is 0. The molecule has 1 aromatic carbocycles. The van der Waals surface area contributed by atoms with Crippen LogP contribution in [0.2, 0.25) is 0 Å². The molecule has 58 valence electrons. The summed E-state index contributed by atoms with van der Waals surface area (Å²) in [5.74, 6) is 4.44. The first-order chi connectivity index (χ1) is 5.95. The molecule has 0 unspecified atom stereocenters. The molecular formula is C9H6NPS. The summed E-state index contributed by atoms with van der Waals surface area (Å²) in [7, 11) is 1.30. The van der Waals surface area contributed by atoms with Gasteiger partial charge in [0.15, 0.2) is 0 Å². The zero-order valence-corrected chi connectivity index (χ0v) is 7.98. The van der Waals surface area contributed by atoms with Crippen LogP contribution in [0.5, 0.6) is 0 Å². The van der Waals surface area contributed by atoms with Gasteiger partial charge in [0.25, 0.3) is 0 Å². The molecule has 1 nitrogen and oxygen atoms in total. The van der Waals surface area contributed by atoms with E-state index >= 15 is 0 Å². The summed E-state index contributed by atoms with van der Waals surface area (Å²) in [6, 6.07) is 8.52. The molecule has 0 spiro atoms. The average molecular weight is 191 g/mol. The van der Waals surface area contributed by atoms with Gasteiger partial charge in [-0.05, 0) is 12.1 Å². The molecule has 3 aromatic rings. The Balaban J connectivity index is 2.68. The Labute approximate surface area is 75.4 Å².